The number of benzene rings is 1. The molecule has 1 unspecified atom stereocenters. The monoisotopic (exact) mass is 277 g/mol. The SMILES string of the molecule is Fc1ccccc1OCc1nnc(C2CCCNC2)o1. The summed E-state index contributed by atoms with van der Waals surface area (Å²) >= 11 is 0. The Morgan fingerprint density at radius 2 is 2.25 bits per heavy atom. The van der Waals surface area contributed by atoms with E-state index in [-0.39, 0.29) is 18.3 Å². The van der Waals surface area contributed by atoms with Crippen molar-refractivity contribution in [2.75, 3.05) is 13.1 Å². The van der Waals surface area contributed by atoms with E-state index >= 15 is 0 Å². The largest absolute Gasteiger partial charge is 0.481 e. The molecule has 0 radical (unpaired) electrons. The summed E-state index contributed by atoms with van der Waals surface area (Å²) < 4.78 is 24.3. The molecule has 5 nitrogen and oxygen atoms in total. The lowest BCUT2D eigenvalue weighted by Crippen LogP contribution is -2.28. The predicted octanol–water partition coefficient (Wildman–Crippen LogP) is 2.25. The molecule has 6 heteroatoms. The van der Waals surface area contributed by atoms with Crippen LogP contribution in [0.4, 0.5) is 4.39 Å². The molecule has 0 saturated carbocycles. The number of nitrogens with zero attached hydrogens (tertiary/aromatic N) is 2. The van der Waals surface area contributed by atoms with Gasteiger partial charge in [0.2, 0.25) is 5.89 Å². The number of hydrogen-bond donors (Lipinski definition) is 1. The molecule has 3 rings (SSSR count). The van der Waals surface area contributed by atoms with Crippen LogP contribution < -0.4 is 10.1 Å². The van der Waals surface area contributed by atoms with Crippen LogP contribution in [-0.2, 0) is 6.61 Å². The average Bonchev–Trinajstić information content (AvgIpc) is 2.96. The van der Waals surface area contributed by atoms with Crippen LogP contribution in [0.2, 0.25) is 0 Å². The Hall–Kier alpha value is -1.95. The Morgan fingerprint density at radius 3 is 3.05 bits per heavy atom. The van der Waals surface area contributed by atoms with E-state index < -0.39 is 5.82 Å². The van der Waals surface area contributed by atoms with Gasteiger partial charge in [0, 0.05) is 12.5 Å². The van der Waals surface area contributed by atoms with Crippen molar-refractivity contribution < 1.29 is 13.5 Å². The first kappa shape index (κ1) is 13.1. The van der Waals surface area contributed by atoms with Gasteiger partial charge in [-0.05, 0) is 31.5 Å². The van der Waals surface area contributed by atoms with Gasteiger partial charge in [-0.2, -0.15) is 0 Å². The van der Waals surface area contributed by atoms with E-state index in [9.17, 15) is 4.39 Å². The number of halogens is 1. The molecule has 0 amide bonds. The predicted molar refractivity (Wildman–Crippen MR) is 69.9 cm³/mol. The highest BCUT2D eigenvalue weighted by Gasteiger charge is 2.21. The molecule has 1 fully saturated rings. The Kier molecular flexibility index (Phi) is 3.92. The molecule has 106 valence electrons. The second-order valence-corrected chi connectivity index (χ2v) is 4.80. The maximum absolute atomic E-state index is 13.4. The lowest BCUT2D eigenvalue weighted by Gasteiger charge is -2.18. The van der Waals surface area contributed by atoms with Gasteiger partial charge >= 0.3 is 0 Å². The topological polar surface area (TPSA) is 60.2 Å². The van der Waals surface area contributed by atoms with Gasteiger partial charge < -0.3 is 14.5 Å². The van der Waals surface area contributed by atoms with Gasteiger partial charge in [0.25, 0.3) is 5.89 Å². The molecule has 1 N–H and O–H groups in total. The van der Waals surface area contributed by atoms with Crippen LogP contribution in [0.3, 0.4) is 0 Å². The lowest BCUT2D eigenvalue weighted by molar-refractivity contribution is 0.244. The Morgan fingerprint density at radius 1 is 1.35 bits per heavy atom. The molecule has 1 saturated heterocycles. The van der Waals surface area contributed by atoms with Crippen molar-refractivity contribution in [3.63, 3.8) is 0 Å². The van der Waals surface area contributed by atoms with E-state index in [4.69, 9.17) is 9.15 Å². The minimum Gasteiger partial charge on any atom is -0.481 e. The third-order valence-electron chi connectivity index (χ3n) is 3.32. The van der Waals surface area contributed by atoms with Crippen LogP contribution in [0.1, 0.15) is 30.5 Å². The number of rotatable bonds is 4. The molecular formula is C14H16FN3O2. The first-order valence-corrected chi connectivity index (χ1v) is 6.73. The molecule has 1 aliphatic rings. The molecule has 1 aromatic heterocycles. The fourth-order valence-corrected chi connectivity index (χ4v) is 2.25. The highest BCUT2D eigenvalue weighted by molar-refractivity contribution is 5.23. The van der Waals surface area contributed by atoms with E-state index in [0.29, 0.717) is 11.8 Å². The van der Waals surface area contributed by atoms with E-state index in [1.165, 1.54) is 6.07 Å². The summed E-state index contributed by atoms with van der Waals surface area (Å²) in [6, 6.07) is 6.24. The van der Waals surface area contributed by atoms with Crippen molar-refractivity contribution in [3.05, 3.63) is 41.9 Å². The lowest BCUT2D eigenvalue weighted by atomic mass is 10.00. The molecule has 20 heavy (non-hydrogen) atoms. The average molecular weight is 277 g/mol. The highest BCUT2D eigenvalue weighted by atomic mass is 19.1. The summed E-state index contributed by atoms with van der Waals surface area (Å²) in [5.41, 5.74) is 0. The zero-order chi connectivity index (χ0) is 13.8. The number of piperidine rings is 1. The fourth-order valence-electron chi connectivity index (χ4n) is 2.25. The Bertz CT molecular complexity index is 567. The molecule has 2 heterocycles. The van der Waals surface area contributed by atoms with Gasteiger partial charge in [-0.25, -0.2) is 4.39 Å². The van der Waals surface area contributed by atoms with Crippen LogP contribution >= 0.6 is 0 Å². The summed E-state index contributed by atoms with van der Waals surface area (Å²) in [5, 5.41) is 11.3. The van der Waals surface area contributed by atoms with Crippen molar-refractivity contribution >= 4 is 0 Å². The van der Waals surface area contributed by atoms with Crippen molar-refractivity contribution in [2.45, 2.75) is 25.4 Å². The van der Waals surface area contributed by atoms with Crippen LogP contribution in [-0.4, -0.2) is 23.3 Å². The van der Waals surface area contributed by atoms with Crippen LogP contribution in [0.15, 0.2) is 28.7 Å². The van der Waals surface area contributed by atoms with Gasteiger partial charge in [0.15, 0.2) is 18.2 Å². The van der Waals surface area contributed by atoms with Gasteiger partial charge in [-0.3, -0.25) is 0 Å². The number of nitrogens with one attached hydrogen (secondary N) is 1. The third-order valence-corrected chi connectivity index (χ3v) is 3.32. The quantitative estimate of drug-likeness (QED) is 0.928. The van der Waals surface area contributed by atoms with Crippen LogP contribution in [0.5, 0.6) is 5.75 Å². The Balaban J connectivity index is 1.61. The van der Waals surface area contributed by atoms with Crippen molar-refractivity contribution in [3.8, 4) is 5.75 Å². The first-order valence-electron chi connectivity index (χ1n) is 6.73. The van der Waals surface area contributed by atoms with Gasteiger partial charge in [-0.15, -0.1) is 10.2 Å². The first-order chi connectivity index (χ1) is 9.83. The van der Waals surface area contributed by atoms with Crippen molar-refractivity contribution in [1.82, 2.24) is 15.5 Å². The normalized spacial score (nSPS) is 18.9. The minimum atomic E-state index is -0.399. The van der Waals surface area contributed by atoms with E-state index in [0.717, 1.165) is 25.9 Å². The van der Waals surface area contributed by atoms with E-state index in [2.05, 4.69) is 15.5 Å². The summed E-state index contributed by atoms with van der Waals surface area (Å²) in [6.45, 7) is 1.97. The van der Waals surface area contributed by atoms with Crippen molar-refractivity contribution in [1.29, 1.82) is 0 Å². The second-order valence-electron chi connectivity index (χ2n) is 4.80. The van der Waals surface area contributed by atoms with Gasteiger partial charge in [0.05, 0.1) is 0 Å². The standard InChI is InChI=1S/C14H16FN3O2/c15-11-5-1-2-6-12(11)19-9-13-17-18-14(20-13)10-4-3-7-16-8-10/h1-2,5-6,10,16H,3-4,7-9H2. The third kappa shape index (κ3) is 2.96. The van der Waals surface area contributed by atoms with Crippen molar-refractivity contribution in [2.24, 2.45) is 0 Å². The smallest absolute Gasteiger partial charge is 0.253 e. The van der Waals surface area contributed by atoms with E-state index in [1.807, 2.05) is 0 Å². The molecule has 1 aromatic carbocycles. The highest BCUT2D eigenvalue weighted by Crippen LogP contribution is 2.22. The number of aromatic nitrogens is 2. The van der Waals surface area contributed by atoms with Gasteiger partial charge in [-0.1, -0.05) is 12.1 Å². The maximum atomic E-state index is 13.4. The second kappa shape index (κ2) is 6.00. The summed E-state index contributed by atoms with van der Waals surface area (Å²) in [7, 11) is 0. The number of para-hydroxylation sites is 1. The molecule has 2 aromatic rings. The molecule has 0 aliphatic carbocycles. The maximum Gasteiger partial charge on any atom is 0.253 e. The zero-order valence-corrected chi connectivity index (χ0v) is 11.0. The number of hydrogen-bond acceptors (Lipinski definition) is 5. The minimum absolute atomic E-state index is 0.0775. The summed E-state index contributed by atoms with van der Waals surface area (Å²) in [5.74, 6) is 1.05. The summed E-state index contributed by atoms with van der Waals surface area (Å²) in [4.78, 5) is 0. The Labute approximate surface area is 116 Å². The molecule has 1 atom stereocenters. The molecule has 0 bridgehead atoms. The summed E-state index contributed by atoms with van der Waals surface area (Å²) in [6.07, 6.45) is 2.15. The van der Waals surface area contributed by atoms with Crippen LogP contribution in [0.25, 0.3) is 0 Å². The zero-order valence-electron chi connectivity index (χ0n) is 11.0. The molecule has 0 spiro atoms. The van der Waals surface area contributed by atoms with Crippen LogP contribution in [0, 0.1) is 5.82 Å². The molecular weight excluding hydrogens is 261 g/mol. The van der Waals surface area contributed by atoms with E-state index in [1.54, 1.807) is 18.2 Å². The van der Waals surface area contributed by atoms with Gasteiger partial charge in [0.1, 0.15) is 0 Å². The molecule has 1 aliphatic heterocycles. The fraction of sp³-hybridized carbons (Fsp3) is 0.429. The number of ether oxygens (including phenoxy) is 1.